The van der Waals surface area contributed by atoms with Crippen molar-refractivity contribution in [2.45, 2.75) is 45.1 Å². The van der Waals surface area contributed by atoms with Gasteiger partial charge in [0.2, 0.25) is 5.91 Å². The van der Waals surface area contributed by atoms with Crippen molar-refractivity contribution in [2.24, 2.45) is 7.05 Å². The molecule has 0 radical (unpaired) electrons. The van der Waals surface area contributed by atoms with Crippen molar-refractivity contribution < 1.29 is 18.8 Å². The predicted octanol–water partition coefficient (Wildman–Crippen LogP) is 4.00. The molecule has 1 saturated heterocycles. The van der Waals surface area contributed by atoms with Crippen LogP contribution >= 0.6 is 0 Å². The number of fused-ring (bicyclic) bond motifs is 2. The highest BCUT2D eigenvalue weighted by Crippen LogP contribution is 2.39. The number of carbonyl (C=O) groups excluding carboxylic acids is 3. The van der Waals surface area contributed by atoms with Crippen LogP contribution < -0.4 is 0 Å². The quantitative estimate of drug-likeness (QED) is 0.366. The minimum atomic E-state index is -0.344. The molecule has 0 bridgehead atoms. The first-order valence-corrected chi connectivity index (χ1v) is 12.2. The number of amides is 1. The van der Waals surface area contributed by atoms with E-state index in [-0.39, 0.29) is 42.8 Å². The molecule has 2 aromatic carbocycles. The van der Waals surface area contributed by atoms with Gasteiger partial charge in [0.05, 0.1) is 29.5 Å². The molecule has 0 atom stereocenters. The molecule has 5 rings (SSSR count). The minimum Gasteiger partial charge on any atom is -0.343 e. The lowest BCUT2D eigenvalue weighted by molar-refractivity contribution is -0.133. The Bertz CT molecular complexity index is 1480. The lowest BCUT2D eigenvalue weighted by Crippen LogP contribution is -2.38. The number of aldehydes is 1. The van der Waals surface area contributed by atoms with Gasteiger partial charge < -0.3 is 14.5 Å². The Kier molecular flexibility index (Phi) is 6.38. The van der Waals surface area contributed by atoms with Crippen molar-refractivity contribution in [1.82, 2.24) is 24.5 Å². The molecule has 3 heterocycles. The van der Waals surface area contributed by atoms with E-state index in [9.17, 15) is 14.4 Å². The normalized spacial score (nSPS) is 14.6. The van der Waals surface area contributed by atoms with Crippen LogP contribution in [0.2, 0.25) is 0 Å². The summed E-state index contributed by atoms with van der Waals surface area (Å²) in [6.45, 7) is 2.74. The molecular formula is C27H28FN5O3. The van der Waals surface area contributed by atoms with Crippen molar-refractivity contribution in [3.63, 3.8) is 0 Å². The number of Topliss-reactive ketones (excluding diaryl/α,β-unsaturated/α-hetero) is 1. The van der Waals surface area contributed by atoms with Crippen molar-refractivity contribution >= 4 is 39.8 Å². The lowest BCUT2D eigenvalue weighted by Gasteiger charge is -2.31. The number of hydrogen-bond donors (Lipinski definition) is 0. The molecule has 1 aliphatic rings. The molecule has 186 valence electrons. The van der Waals surface area contributed by atoms with Gasteiger partial charge >= 0.3 is 0 Å². The number of benzene rings is 2. The average Bonchev–Trinajstić information content (AvgIpc) is 3.42. The molecule has 9 heteroatoms. The van der Waals surface area contributed by atoms with Crippen molar-refractivity contribution in [1.29, 1.82) is 0 Å². The van der Waals surface area contributed by atoms with Gasteiger partial charge in [-0.2, -0.15) is 10.2 Å². The summed E-state index contributed by atoms with van der Waals surface area (Å²) in [7, 11) is 1.82. The van der Waals surface area contributed by atoms with Crippen LogP contribution in [0.3, 0.4) is 0 Å². The number of halogens is 1. The first-order chi connectivity index (χ1) is 17.4. The average molecular weight is 490 g/mol. The summed E-state index contributed by atoms with van der Waals surface area (Å²) in [6, 6.07) is 8.95. The summed E-state index contributed by atoms with van der Waals surface area (Å²) in [5, 5.41) is 10.6. The molecule has 0 unspecified atom stereocenters. The second kappa shape index (κ2) is 9.64. The number of aryl methyl sites for hydroxylation is 1. The number of carbonyl (C=O) groups is 3. The molecule has 36 heavy (non-hydrogen) atoms. The number of likely N-dealkylation sites (tertiary alicyclic amines) is 1. The van der Waals surface area contributed by atoms with E-state index in [0.717, 1.165) is 39.3 Å². The second-order valence-electron chi connectivity index (χ2n) is 9.45. The Labute approximate surface area is 207 Å². The fourth-order valence-electron chi connectivity index (χ4n) is 5.20. The molecule has 0 spiro atoms. The minimum absolute atomic E-state index is 0.00719. The van der Waals surface area contributed by atoms with Crippen LogP contribution in [0.1, 0.15) is 44.2 Å². The maximum Gasteiger partial charge on any atom is 0.223 e. The zero-order valence-electron chi connectivity index (χ0n) is 20.4. The van der Waals surface area contributed by atoms with Crippen molar-refractivity contribution in [3.8, 4) is 11.1 Å². The van der Waals surface area contributed by atoms with Crippen LogP contribution in [0.25, 0.3) is 32.9 Å². The van der Waals surface area contributed by atoms with E-state index in [4.69, 9.17) is 5.10 Å². The summed E-state index contributed by atoms with van der Waals surface area (Å²) in [5.74, 6) is -0.286. The summed E-state index contributed by atoms with van der Waals surface area (Å²) >= 11 is 0. The fraction of sp³-hybridized carbons (Fsp3) is 0.370. The Balaban J connectivity index is 1.54. The molecule has 0 aliphatic carbocycles. The van der Waals surface area contributed by atoms with E-state index in [1.807, 2.05) is 31.3 Å². The Hall–Kier alpha value is -3.88. The molecule has 0 saturated carbocycles. The molecule has 2 aromatic heterocycles. The van der Waals surface area contributed by atoms with Crippen LogP contribution in [0, 0.1) is 5.82 Å². The highest BCUT2D eigenvalue weighted by molar-refractivity contribution is 5.99. The van der Waals surface area contributed by atoms with E-state index in [1.165, 1.54) is 13.0 Å². The Morgan fingerprint density at radius 3 is 2.61 bits per heavy atom. The first-order valence-electron chi connectivity index (χ1n) is 12.2. The highest BCUT2D eigenvalue weighted by Gasteiger charge is 2.29. The zero-order chi connectivity index (χ0) is 25.4. The van der Waals surface area contributed by atoms with Gasteiger partial charge in [0.1, 0.15) is 17.9 Å². The van der Waals surface area contributed by atoms with Gasteiger partial charge in [-0.3, -0.25) is 14.2 Å². The van der Waals surface area contributed by atoms with Crippen LogP contribution in [0.15, 0.2) is 36.5 Å². The van der Waals surface area contributed by atoms with E-state index in [0.29, 0.717) is 31.5 Å². The summed E-state index contributed by atoms with van der Waals surface area (Å²) < 4.78 is 18.7. The Morgan fingerprint density at radius 1 is 1.11 bits per heavy atom. The lowest BCUT2D eigenvalue weighted by atomic mass is 9.88. The third kappa shape index (κ3) is 4.29. The summed E-state index contributed by atoms with van der Waals surface area (Å²) in [5.41, 5.74) is 3.60. The predicted molar refractivity (Wildman–Crippen MR) is 134 cm³/mol. The number of ketones is 1. The van der Waals surface area contributed by atoms with Gasteiger partial charge in [0.15, 0.2) is 0 Å². The highest BCUT2D eigenvalue weighted by atomic mass is 19.1. The largest absolute Gasteiger partial charge is 0.343 e. The number of hydrogen-bond acceptors (Lipinski definition) is 5. The fourth-order valence-corrected chi connectivity index (χ4v) is 5.20. The second-order valence-corrected chi connectivity index (χ2v) is 9.45. The van der Waals surface area contributed by atoms with Crippen LogP contribution in [0.4, 0.5) is 4.39 Å². The van der Waals surface area contributed by atoms with Crippen LogP contribution in [-0.2, 0) is 28.0 Å². The van der Waals surface area contributed by atoms with Crippen molar-refractivity contribution in [2.75, 3.05) is 13.1 Å². The van der Waals surface area contributed by atoms with Gasteiger partial charge in [0.25, 0.3) is 0 Å². The molecule has 0 N–H and O–H groups in total. The first kappa shape index (κ1) is 23.8. The van der Waals surface area contributed by atoms with E-state index in [2.05, 4.69) is 5.10 Å². The molecular weight excluding hydrogens is 461 g/mol. The SMILES string of the molecule is CC(=O)CCC(=O)N1CCC(c2nn(CC=O)c3cccc(-c4cc5c(cnn5C)cc4F)c23)CC1. The number of piperidine rings is 1. The van der Waals surface area contributed by atoms with Gasteiger partial charge in [-0.25, -0.2) is 4.39 Å². The standard InChI is InChI=1S/C27H28FN5O3/c1-17(35)6-7-25(36)32-10-8-18(9-11-32)27-26-20(4-3-5-23(26)33(30-27)12-13-34)21-15-24-19(14-22(21)28)16-29-31(24)2/h3-5,13-16,18H,6-12H2,1-2H3. The van der Waals surface area contributed by atoms with Crippen LogP contribution in [-0.4, -0.2) is 55.5 Å². The van der Waals surface area contributed by atoms with Gasteiger partial charge in [-0.05, 0) is 43.5 Å². The monoisotopic (exact) mass is 489 g/mol. The zero-order valence-corrected chi connectivity index (χ0v) is 20.4. The van der Waals surface area contributed by atoms with E-state index in [1.54, 1.807) is 20.5 Å². The van der Waals surface area contributed by atoms with E-state index < -0.39 is 0 Å². The van der Waals surface area contributed by atoms with Gasteiger partial charge in [-0.1, -0.05) is 12.1 Å². The van der Waals surface area contributed by atoms with Gasteiger partial charge in [-0.15, -0.1) is 0 Å². The smallest absolute Gasteiger partial charge is 0.223 e. The molecule has 8 nitrogen and oxygen atoms in total. The molecule has 1 amide bonds. The Morgan fingerprint density at radius 2 is 1.89 bits per heavy atom. The summed E-state index contributed by atoms with van der Waals surface area (Å²) in [4.78, 5) is 37.0. The topological polar surface area (TPSA) is 90.1 Å². The third-order valence-electron chi connectivity index (χ3n) is 7.10. The number of rotatable bonds is 7. The third-order valence-corrected chi connectivity index (χ3v) is 7.10. The van der Waals surface area contributed by atoms with E-state index >= 15 is 4.39 Å². The number of nitrogens with zero attached hydrogens (tertiary/aromatic N) is 5. The number of aromatic nitrogens is 4. The maximum absolute atomic E-state index is 15.4. The van der Waals surface area contributed by atoms with Gasteiger partial charge in [0, 0.05) is 55.2 Å². The summed E-state index contributed by atoms with van der Waals surface area (Å²) in [6.07, 6.45) is 4.35. The maximum atomic E-state index is 15.4. The molecule has 1 fully saturated rings. The van der Waals surface area contributed by atoms with Crippen molar-refractivity contribution in [3.05, 3.63) is 48.0 Å². The van der Waals surface area contributed by atoms with Crippen LogP contribution in [0.5, 0.6) is 0 Å². The molecule has 1 aliphatic heterocycles. The molecule has 4 aromatic rings.